The van der Waals surface area contributed by atoms with Crippen LogP contribution in [-0.2, 0) is 5.41 Å². The van der Waals surface area contributed by atoms with Crippen molar-refractivity contribution in [2.45, 2.75) is 26.2 Å². The van der Waals surface area contributed by atoms with Crippen LogP contribution in [0.2, 0.25) is 0 Å². The summed E-state index contributed by atoms with van der Waals surface area (Å²) >= 11 is 0. The molecule has 0 amide bonds. The quantitative estimate of drug-likeness (QED) is 0.664. The SMILES string of the molecule is CC(C)(C)c1nc2ccc(C=O)cn2n1. The second-order valence-electron chi connectivity index (χ2n) is 4.57. The molecule has 0 N–H and O–H groups in total. The van der Waals surface area contributed by atoms with Crippen LogP contribution in [0.15, 0.2) is 18.3 Å². The van der Waals surface area contributed by atoms with E-state index in [0.29, 0.717) is 5.56 Å². The van der Waals surface area contributed by atoms with Crippen molar-refractivity contribution in [3.05, 3.63) is 29.7 Å². The number of aldehydes is 1. The minimum Gasteiger partial charge on any atom is -0.298 e. The summed E-state index contributed by atoms with van der Waals surface area (Å²) in [6.07, 6.45) is 2.49. The molecule has 0 unspecified atom stereocenters. The Labute approximate surface area is 87.9 Å². The summed E-state index contributed by atoms with van der Waals surface area (Å²) < 4.78 is 1.64. The Morgan fingerprint density at radius 1 is 1.33 bits per heavy atom. The third-order valence-corrected chi connectivity index (χ3v) is 2.16. The van der Waals surface area contributed by atoms with E-state index in [0.717, 1.165) is 17.8 Å². The number of rotatable bonds is 1. The first kappa shape index (κ1) is 9.83. The van der Waals surface area contributed by atoms with Crippen molar-refractivity contribution >= 4 is 11.9 Å². The molecule has 0 fully saturated rings. The van der Waals surface area contributed by atoms with Crippen molar-refractivity contribution in [3.8, 4) is 0 Å². The number of pyridine rings is 1. The van der Waals surface area contributed by atoms with Gasteiger partial charge in [0.2, 0.25) is 0 Å². The first-order valence-electron chi connectivity index (χ1n) is 4.83. The topological polar surface area (TPSA) is 47.3 Å². The number of nitrogens with zero attached hydrogens (tertiary/aromatic N) is 3. The Morgan fingerprint density at radius 3 is 2.67 bits per heavy atom. The number of carbonyl (C=O) groups is 1. The lowest BCUT2D eigenvalue weighted by molar-refractivity contribution is 0.112. The lowest BCUT2D eigenvalue weighted by atomic mass is 9.96. The van der Waals surface area contributed by atoms with Gasteiger partial charge in [0.05, 0.1) is 0 Å². The van der Waals surface area contributed by atoms with Crippen LogP contribution in [0.3, 0.4) is 0 Å². The van der Waals surface area contributed by atoms with Gasteiger partial charge in [0.1, 0.15) is 0 Å². The van der Waals surface area contributed by atoms with Gasteiger partial charge in [-0.15, -0.1) is 0 Å². The molecule has 0 aliphatic rings. The van der Waals surface area contributed by atoms with Gasteiger partial charge in [0.25, 0.3) is 0 Å². The largest absolute Gasteiger partial charge is 0.298 e. The van der Waals surface area contributed by atoms with Crippen LogP contribution in [0.4, 0.5) is 0 Å². The van der Waals surface area contributed by atoms with Crippen LogP contribution < -0.4 is 0 Å². The molecule has 0 saturated carbocycles. The number of aromatic nitrogens is 3. The van der Waals surface area contributed by atoms with Crippen LogP contribution in [0.5, 0.6) is 0 Å². The molecular formula is C11H13N3O. The first-order valence-corrected chi connectivity index (χ1v) is 4.83. The highest BCUT2D eigenvalue weighted by Crippen LogP contribution is 2.18. The van der Waals surface area contributed by atoms with E-state index >= 15 is 0 Å². The third-order valence-electron chi connectivity index (χ3n) is 2.16. The van der Waals surface area contributed by atoms with Crippen LogP contribution in [0, 0.1) is 0 Å². The van der Waals surface area contributed by atoms with Crippen molar-refractivity contribution in [3.63, 3.8) is 0 Å². The van der Waals surface area contributed by atoms with E-state index in [2.05, 4.69) is 30.9 Å². The Morgan fingerprint density at radius 2 is 2.07 bits per heavy atom. The highest BCUT2D eigenvalue weighted by Gasteiger charge is 2.19. The molecule has 0 aromatic carbocycles. The lowest BCUT2D eigenvalue weighted by Crippen LogP contribution is -2.13. The van der Waals surface area contributed by atoms with Crippen molar-refractivity contribution in [1.82, 2.24) is 14.6 Å². The molecule has 15 heavy (non-hydrogen) atoms. The molecule has 2 aromatic heterocycles. The van der Waals surface area contributed by atoms with Crippen molar-refractivity contribution in [1.29, 1.82) is 0 Å². The molecule has 4 heteroatoms. The summed E-state index contributed by atoms with van der Waals surface area (Å²) in [5.41, 5.74) is 1.30. The molecule has 0 atom stereocenters. The molecule has 0 radical (unpaired) electrons. The van der Waals surface area contributed by atoms with Crippen molar-refractivity contribution < 1.29 is 4.79 Å². The molecule has 4 nitrogen and oxygen atoms in total. The molecule has 0 aliphatic heterocycles. The predicted octanol–water partition coefficient (Wildman–Crippen LogP) is 1.84. The van der Waals surface area contributed by atoms with Gasteiger partial charge < -0.3 is 0 Å². The molecule has 2 heterocycles. The molecule has 0 aliphatic carbocycles. The van der Waals surface area contributed by atoms with E-state index in [1.807, 2.05) is 0 Å². The van der Waals surface area contributed by atoms with E-state index in [9.17, 15) is 4.79 Å². The fourth-order valence-electron chi connectivity index (χ4n) is 1.29. The molecule has 0 spiro atoms. The van der Waals surface area contributed by atoms with Crippen LogP contribution in [0.1, 0.15) is 37.0 Å². The second-order valence-corrected chi connectivity index (χ2v) is 4.57. The van der Waals surface area contributed by atoms with Crippen LogP contribution in [-0.4, -0.2) is 20.9 Å². The van der Waals surface area contributed by atoms with Gasteiger partial charge in [-0.05, 0) is 12.1 Å². The van der Waals surface area contributed by atoms with Gasteiger partial charge >= 0.3 is 0 Å². The number of hydrogen-bond acceptors (Lipinski definition) is 3. The van der Waals surface area contributed by atoms with Gasteiger partial charge in [0.15, 0.2) is 17.8 Å². The molecule has 0 saturated heterocycles. The number of carbonyl (C=O) groups excluding carboxylic acids is 1. The van der Waals surface area contributed by atoms with Gasteiger partial charge in [-0.2, -0.15) is 5.10 Å². The Kier molecular flexibility index (Phi) is 2.07. The highest BCUT2D eigenvalue weighted by atomic mass is 16.1. The Balaban J connectivity index is 2.61. The molecular weight excluding hydrogens is 190 g/mol. The monoisotopic (exact) mass is 203 g/mol. The standard InChI is InChI=1S/C11H13N3O/c1-11(2,3)10-12-9-5-4-8(7-15)6-14(9)13-10/h4-7H,1-3H3. The summed E-state index contributed by atoms with van der Waals surface area (Å²) in [6, 6.07) is 3.54. The van der Waals surface area contributed by atoms with Gasteiger partial charge in [-0.25, -0.2) is 9.50 Å². The zero-order valence-corrected chi connectivity index (χ0v) is 9.06. The fourth-order valence-corrected chi connectivity index (χ4v) is 1.29. The minimum atomic E-state index is -0.0760. The third kappa shape index (κ3) is 1.75. The highest BCUT2D eigenvalue weighted by molar-refractivity contribution is 5.74. The lowest BCUT2D eigenvalue weighted by Gasteiger charge is -2.11. The maximum Gasteiger partial charge on any atom is 0.157 e. The maximum atomic E-state index is 10.6. The maximum absolute atomic E-state index is 10.6. The van der Waals surface area contributed by atoms with E-state index in [4.69, 9.17) is 0 Å². The number of hydrogen-bond donors (Lipinski definition) is 0. The summed E-state index contributed by atoms with van der Waals surface area (Å²) in [4.78, 5) is 15.0. The summed E-state index contributed by atoms with van der Waals surface area (Å²) in [6.45, 7) is 6.17. The summed E-state index contributed by atoms with van der Waals surface area (Å²) in [5.74, 6) is 0.783. The van der Waals surface area contributed by atoms with Crippen LogP contribution >= 0.6 is 0 Å². The fraction of sp³-hybridized carbons (Fsp3) is 0.364. The average molecular weight is 203 g/mol. The van der Waals surface area contributed by atoms with E-state index < -0.39 is 0 Å². The predicted molar refractivity (Wildman–Crippen MR) is 57.1 cm³/mol. The normalized spacial score (nSPS) is 11.9. The smallest absolute Gasteiger partial charge is 0.157 e. The second kappa shape index (κ2) is 3.15. The Bertz CT molecular complexity index is 508. The average Bonchev–Trinajstić information content (AvgIpc) is 2.59. The summed E-state index contributed by atoms with van der Waals surface area (Å²) in [7, 11) is 0. The van der Waals surface area contributed by atoms with Crippen LogP contribution in [0.25, 0.3) is 5.65 Å². The van der Waals surface area contributed by atoms with Gasteiger partial charge in [-0.3, -0.25) is 4.79 Å². The minimum absolute atomic E-state index is 0.0760. The molecule has 78 valence electrons. The zero-order valence-electron chi connectivity index (χ0n) is 9.06. The molecule has 0 bridgehead atoms. The van der Waals surface area contributed by atoms with Crippen molar-refractivity contribution in [2.24, 2.45) is 0 Å². The molecule has 2 aromatic rings. The van der Waals surface area contributed by atoms with Crippen molar-refractivity contribution in [2.75, 3.05) is 0 Å². The van der Waals surface area contributed by atoms with Gasteiger partial charge in [0, 0.05) is 17.2 Å². The van der Waals surface area contributed by atoms with E-state index in [-0.39, 0.29) is 5.41 Å². The zero-order chi connectivity index (χ0) is 11.1. The van der Waals surface area contributed by atoms with E-state index in [1.54, 1.807) is 22.8 Å². The van der Waals surface area contributed by atoms with Gasteiger partial charge in [-0.1, -0.05) is 20.8 Å². The summed E-state index contributed by atoms with van der Waals surface area (Å²) in [5, 5.41) is 4.34. The molecule has 2 rings (SSSR count). The Hall–Kier alpha value is -1.71. The first-order chi connectivity index (χ1) is 7.00. The van der Waals surface area contributed by atoms with E-state index in [1.165, 1.54) is 0 Å². The number of fused-ring (bicyclic) bond motifs is 1.